The molecule has 0 fully saturated rings. The zero-order valence-electron chi connectivity index (χ0n) is 50.6. The van der Waals surface area contributed by atoms with Gasteiger partial charge in [-0.25, -0.2) is 0 Å². The predicted octanol–water partition coefficient (Wildman–Crippen LogP) is 12.7. The lowest BCUT2D eigenvalue weighted by Crippen LogP contribution is -2.26. The topological polar surface area (TPSA) is 205 Å². The van der Waals surface area contributed by atoms with Crippen LogP contribution >= 0.6 is 0 Å². The zero-order valence-corrected chi connectivity index (χ0v) is 50.6. The first kappa shape index (κ1) is 63.0. The summed E-state index contributed by atoms with van der Waals surface area (Å²) >= 11 is 0. The van der Waals surface area contributed by atoms with Gasteiger partial charge in [0.25, 0.3) is 0 Å². The minimum atomic E-state index is -0.443. The molecule has 0 amide bonds. The fourth-order valence-electron chi connectivity index (χ4n) is 12.0. The minimum absolute atomic E-state index is 0.0889. The summed E-state index contributed by atoms with van der Waals surface area (Å²) < 4.78 is 0. The molecule has 0 spiro atoms. The Labute approximate surface area is 491 Å². The van der Waals surface area contributed by atoms with Gasteiger partial charge in [0.05, 0.1) is 0 Å². The number of allylic oxidation sites excluding steroid dienone is 30. The van der Waals surface area contributed by atoms with Crippen LogP contribution in [0.25, 0.3) is 0 Å². The molecule has 0 aromatic carbocycles. The van der Waals surface area contributed by atoms with Crippen LogP contribution in [-0.2, 0) is 57.5 Å². The first-order valence-corrected chi connectivity index (χ1v) is 28.1. The second-order valence-electron chi connectivity index (χ2n) is 23.8. The van der Waals surface area contributed by atoms with Gasteiger partial charge in [-0.05, 0) is 160 Å². The molecule has 0 aromatic rings. The molecule has 12 nitrogen and oxygen atoms in total. The SMILES string of the molecule is C=C1CC2=C(CC(=C)CC3=C(CC(=C)CC4=C(CC(=C)CC5=C(CC(=C)CC6=C(CC(=C)CC7=C(C1)C(=O)C(C)=C(C)C7=O)C(=O)C(C)=C(C)C6=O)C(=O)C(C)=C(C)C5=O)C(=O)C(C)=C(C)C4=O)C(=O)C(C)=C(C)C3=O)C(=O)C(C)=C(C)C2=O. The summed E-state index contributed by atoms with van der Waals surface area (Å²) in [5.41, 5.74) is 5.37. The van der Waals surface area contributed by atoms with Crippen LogP contribution in [0.2, 0.25) is 0 Å². The summed E-state index contributed by atoms with van der Waals surface area (Å²) in [7, 11) is 0. The van der Waals surface area contributed by atoms with Crippen LogP contribution in [-0.4, -0.2) is 69.4 Å². The van der Waals surface area contributed by atoms with Gasteiger partial charge in [0, 0.05) is 134 Å². The molecule has 0 atom stereocenters. The van der Waals surface area contributed by atoms with E-state index in [1.807, 2.05) is 0 Å². The van der Waals surface area contributed by atoms with Crippen molar-refractivity contribution < 1.29 is 57.5 Å². The van der Waals surface area contributed by atoms with Crippen LogP contribution in [0.4, 0.5) is 0 Å². The van der Waals surface area contributed by atoms with Gasteiger partial charge in [-0.3, -0.25) is 57.5 Å². The molecule has 0 heterocycles. The third-order valence-corrected chi connectivity index (χ3v) is 18.1. The number of Topliss-reactive ketones (excluding diaryl/α,β-unsaturated/α-hetero) is 12. The molecule has 0 N–H and O–H groups in total. The van der Waals surface area contributed by atoms with Crippen molar-refractivity contribution >= 4 is 69.4 Å². The Balaban J connectivity index is 1.40. The Morgan fingerprint density at radius 3 is 0.274 bits per heavy atom. The van der Waals surface area contributed by atoms with Gasteiger partial charge in [0.15, 0.2) is 69.4 Å². The van der Waals surface area contributed by atoms with Crippen LogP contribution in [0.15, 0.2) is 207 Å². The molecule has 7 aliphatic carbocycles. The molecule has 432 valence electrons. The van der Waals surface area contributed by atoms with E-state index >= 15 is 0 Å². The van der Waals surface area contributed by atoms with Crippen LogP contribution < -0.4 is 0 Å². The lowest BCUT2D eigenvalue weighted by molar-refractivity contribution is -0.116. The van der Waals surface area contributed by atoms with Crippen molar-refractivity contribution in [3.05, 3.63) is 207 Å². The van der Waals surface area contributed by atoms with Gasteiger partial charge in [0.2, 0.25) is 0 Å². The summed E-state index contributed by atoms with van der Waals surface area (Å²) in [5.74, 6) is -5.32. The van der Waals surface area contributed by atoms with E-state index in [0.717, 1.165) is 0 Å². The number of rotatable bonds is 0. The van der Waals surface area contributed by atoms with Gasteiger partial charge in [0.1, 0.15) is 0 Å². The maximum atomic E-state index is 14.3. The highest BCUT2D eigenvalue weighted by Gasteiger charge is 2.39. The van der Waals surface area contributed by atoms with Crippen LogP contribution in [0, 0.1) is 0 Å². The van der Waals surface area contributed by atoms with Crippen LogP contribution in [0.5, 0.6) is 0 Å². The molecule has 0 aliphatic heterocycles. The van der Waals surface area contributed by atoms with Gasteiger partial charge >= 0.3 is 0 Å². The lowest BCUT2D eigenvalue weighted by atomic mass is 9.75. The largest absolute Gasteiger partial charge is 0.289 e. The van der Waals surface area contributed by atoms with E-state index in [-0.39, 0.29) is 211 Å². The Hall–Kier alpha value is -8.64. The maximum Gasteiger partial charge on any atom is 0.185 e. The van der Waals surface area contributed by atoms with Crippen LogP contribution in [0.1, 0.15) is 160 Å². The number of carbonyl (C=O) groups excluding carboxylic acids is 12. The van der Waals surface area contributed by atoms with Crippen molar-refractivity contribution in [2.75, 3.05) is 0 Å². The van der Waals surface area contributed by atoms with Crippen molar-refractivity contribution in [2.45, 2.75) is 160 Å². The standard InChI is InChI=1S/C72H72O12/c1-31-19-49-51(63(75)39(9)37(7)61(49)73)21-32(2)23-53-55(67(79)43(13)41(11)65(53)77)25-34(4)27-57-59(71(83)47(17)45(15)69(57)81)29-36(6)30-60-58(70(82)46(16)48(18)72(60)84)28-35(5)26-56-54(66(78)42(12)44(14)68(56)80)24-33(3)22-52-50(20-31)62(74)38(8)40(10)64(52)76/h1-6,19-30H2,7-18H3. The molecule has 7 aliphatic rings. The molecule has 7 rings (SSSR count). The Morgan fingerprint density at radius 2 is 0.214 bits per heavy atom. The third-order valence-electron chi connectivity index (χ3n) is 18.1. The first-order chi connectivity index (χ1) is 39.1. The fraction of sp³-hybridized carbons (Fsp3) is 0.333. The van der Waals surface area contributed by atoms with Gasteiger partial charge < -0.3 is 0 Å². The highest BCUT2D eigenvalue weighted by atomic mass is 16.2. The predicted molar refractivity (Wildman–Crippen MR) is 323 cm³/mol. The minimum Gasteiger partial charge on any atom is -0.289 e. The average Bonchev–Trinajstić information content (AvgIpc) is 2.62. The first-order valence-electron chi connectivity index (χ1n) is 28.1. The van der Waals surface area contributed by atoms with E-state index in [0.29, 0.717) is 33.4 Å². The molecule has 0 unspecified atom stereocenters. The number of hydrogen-bond acceptors (Lipinski definition) is 12. The second kappa shape index (κ2) is 23.9. The highest BCUT2D eigenvalue weighted by molar-refractivity contribution is 6.30. The molecular weight excluding hydrogens is 1060 g/mol. The van der Waals surface area contributed by atoms with Crippen LogP contribution in [0.3, 0.4) is 0 Å². The Morgan fingerprint density at radius 1 is 0.155 bits per heavy atom. The maximum absolute atomic E-state index is 14.3. The monoisotopic (exact) mass is 1130 g/mol. The van der Waals surface area contributed by atoms with E-state index < -0.39 is 69.4 Å². The van der Waals surface area contributed by atoms with Crippen molar-refractivity contribution in [3.8, 4) is 0 Å². The third kappa shape index (κ3) is 11.4. The summed E-state index contributed by atoms with van der Waals surface area (Å²) in [4.78, 5) is 172. The van der Waals surface area contributed by atoms with Gasteiger partial charge in [-0.2, -0.15) is 0 Å². The van der Waals surface area contributed by atoms with Gasteiger partial charge in [-0.1, -0.05) is 72.9 Å². The number of ketones is 12. The second-order valence-corrected chi connectivity index (χ2v) is 23.8. The van der Waals surface area contributed by atoms with Crippen molar-refractivity contribution in [3.63, 3.8) is 0 Å². The Kier molecular flexibility index (Phi) is 17.9. The quantitative estimate of drug-likeness (QED) is 0.164. The highest BCUT2D eigenvalue weighted by Crippen LogP contribution is 2.43. The molecule has 0 aromatic heterocycles. The molecule has 0 saturated carbocycles. The summed E-state index contributed by atoms with van der Waals surface area (Å²) in [6.45, 7) is 44.1. The number of hydrogen-bond donors (Lipinski definition) is 0. The molecular formula is C72H72O12. The average molecular weight is 1130 g/mol. The summed E-state index contributed by atoms with van der Waals surface area (Å²) in [6.07, 6.45) is -2.32. The van der Waals surface area contributed by atoms with Crippen molar-refractivity contribution in [1.82, 2.24) is 0 Å². The van der Waals surface area contributed by atoms with E-state index in [2.05, 4.69) is 39.5 Å². The fourth-order valence-corrected chi connectivity index (χ4v) is 12.0. The van der Waals surface area contributed by atoms with E-state index in [1.54, 1.807) is 0 Å². The number of carbonyl (C=O) groups is 12. The van der Waals surface area contributed by atoms with E-state index in [9.17, 15) is 57.5 Å². The molecule has 12 heteroatoms. The van der Waals surface area contributed by atoms with E-state index in [4.69, 9.17) is 0 Å². The summed E-state index contributed by atoms with van der Waals surface area (Å²) in [6, 6.07) is 0. The smallest absolute Gasteiger partial charge is 0.185 e. The van der Waals surface area contributed by atoms with Crippen molar-refractivity contribution in [2.24, 2.45) is 0 Å². The van der Waals surface area contributed by atoms with Crippen molar-refractivity contribution in [1.29, 1.82) is 0 Å². The lowest BCUT2D eigenvalue weighted by Gasteiger charge is -2.26. The molecule has 84 heavy (non-hydrogen) atoms. The molecule has 0 bridgehead atoms. The summed E-state index contributed by atoms with van der Waals surface area (Å²) in [5, 5.41) is 0. The van der Waals surface area contributed by atoms with Gasteiger partial charge in [-0.15, -0.1) is 0 Å². The zero-order chi connectivity index (χ0) is 62.7. The normalized spacial score (nSPS) is 22.3. The molecule has 0 saturated heterocycles. The molecule has 0 radical (unpaired) electrons. The van der Waals surface area contributed by atoms with E-state index in [1.165, 1.54) is 83.1 Å². The Bertz CT molecular complexity index is 3020.